The van der Waals surface area contributed by atoms with Gasteiger partial charge in [-0.2, -0.15) is 0 Å². The third-order valence-electron chi connectivity index (χ3n) is 9.62. The van der Waals surface area contributed by atoms with E-state index in [1.54, 1.807) is 53.1 Å². The Bertz CT molecular complexity index is 1950. The Kier molecular flexibility index (Phi) is 10.1. The largest absolute Gasteiger partial charge is 0.469 e. The lowest BCUT2D eigenvalue weighted by molar-refractivity contribution is -0.140. The van der Waals surface area contributed by atoms with Gasteiger partial charge in [-0.3, -0.25) is 24.1 Å². The quantitative estimate of drug-likeness (QED) is 0.101. The number of unbranched alkanes of at least 4 members (excludes halogenated alkanes) is 1. The van der Waals surface area contributed by atoms with Crippen LogP contribution in [0.1, 0.15) is 54.1 Å². The van der Waals surface area contributed by atoms with E-state index in [2.05, 4.69) is 0 Å². The number of benzene rings is 4. The van der Waals surface area contributed by atoms with Crippen LogP contribution in [0.4, 0.5) is 17.1 Å². The van der Waals surface area contributed by atoms with Crippen LogP contribution in [-0.2, 0) is 31.3 Å². The van der Waals surface area contributed by atoms with E-state index in [1.807, 2.05) is 60.7 Å². The predicted molar refractivity (Wildman–Crippen MR) is 191 cm³/mol. The number of nitrogens with zero attached hydrogens (tertiary/aromatic N) is 3. The molecule has 0 spiro atoms. The fourth-order valence-corrected chi connectivity index (χ4v) is 6.97. The smallest absolute Gasteiger partial charge is 0.305 e. The van der Waals surface area contributed by atoms with Crippen LogP contribution in [0, 0.1) is 5.92 Å². The first-order chi connectivity index (χ1) is 24.2. The van der Waals surface area contributed by atoms with Crippen molar-refractivity contribution in [3.05, 3.63) is 114 Å². The maximum Gasteiger partial charge on any atom is 0.305 e. The van der Waals surface area contributed by atoms with Crippen LogP contribution in [0.3, 0.4) is 0 Å². The summed E-state index contributed by atoms with van der Waals surface area (Å²) >= 11 is 0. The van der Waals surface area contributed by atoms with Crippen molar-refractivity contribution in [2.75, 3.05) is 36.6 Å². The molecule has 2 aliphatic rings. The molecule has 0 aliphatic carbocycles. The Labute approximate surface area is 291 Å². The summed E-state index contributed by atoms with van der Waals surface area (Å²) in [6, 6.07) is 26.1. The lowest BCUT2D eigenvalue weighted by Crippen LogP contribution is -2.44. The summed E-state index contributed by atoms with van der Waals surface area (Å²) in [6.07, 6.45) is 4.54. The third-order valence-corrected chi connectivity index (χ3v) is 9.62. The lowest BCUT2D eigenvalue weighted by atomic mass is 9.82. The second-order valence-electron chi connectivity index (χ2n) is 12.7. The molecule has 2 heterocycles. The Morgan fingerprint density at radius 3 is 2.46 bits per heavy atom. The van der Waals surface area contributed by atoms with Gasteiger partial charge in [0.1, 0.15) is 0 Å². The standard InChI is InChI=1S/C40H41N3O7/c1-27(11-8-18-35(45)41(23-24-44)26-28-12-4-3-5-13-28)40(49)32-25-30(20-21-33(32)42(39(40)48)22-7-6-19-36(46)50-2)43-34-17-10-15-29-14-9-16-31(37(29)34)38(43)47/h3-5,8-17,20-21,25,27,44,49H,6-7,18-19,22-24,26H2,1-2H3/b11-8+/t27-,40+/m1/s1. The maximum absolute atomic E-state index is 14.2. The van der Waals surface area contributed by atoms with Crippen molar-refractivity contribution in [2.45, 2.75) is 44.8 Å². The zero-order valence-electron chi connectivity index (χ0n) is 28.2. The monoisotopic (exact) mass is 675 g/mol. The molecule has 2 atom stereocenters. The number of anilines is 3. The van der Waals surface area contributed by atoms with Gasteiger partial charge in [0.2, 0.25) is 5.91 Å². The number of rotatable bonds is 14. The fraction of sp³-hybridized carbons (Fsp3) is 0.300. The van der Waals surface area contributed by atoms with Crippen LogP contribution in [0.25, 0.3) is 10.8 Å². The first-order valence-electron chi connectivity index (χ1n) is 16.9. The van der Waals surface area contributed by atoms with E-state index in [-0.39, 0.29) is 50.3 Å². The molecule has 0 saturated carbocycles. The van der Waals surface area contributed by atoms with Crippen molar-refractivity contribution < 1.29 is 34.1 Å². The highest BCUT2D eigenvalue weighted by Gasteiger charge is 2.52. The summed E-state index contributed by atoms with van der Waals surface area (Å²) in [4.78, 5) is 57.6. The molecule has 0 fully saturated rings. The van der Waals surface area contributed by atoms with Crippen LogP contribution in [0.5, 0.6) is 0 Å². The van der Waals surface area contributed by atoms with Gasteiger partial charge in [0, 0.05) is 55.0 Å². The molecule has 0 bridgehead atoms. The second kappa shape index (κ2) is 14.7. The summed E-state index contributed by atoms with van der Waals surface area (Å²) in [5.41, 5.74) is 1.65. The van der Waals surface area contributed by atoms with Crippen molar-refractivity contribution in [3.63, 3.8) is 0 Å². The SMILES string of the molecule is COC(=O)CCCCN1C(=O)[C@](O)([C@H](C)/C=C/CC(=O)N(CCO)Cc2ccccc2)c2cc(N3C(=O)c4cccc5cccc3c45)ccc21. The van der Waals surface area contributed by atoms with Gasteiger partial charge in [0.25, 0.3) is 11.8 Å². The van der Waals surface area contributed by atoms with Gasteiger partial charge in [-0.1, -0.05) is 73.7 Å². The number of ether oxygens (including phenoxy) is 1. The van der Waals surface area contributed by atoms with E-state index in [0.29, 0.717) is 41.9 Å². The Balaban J connectivity index is 1.29. The number of amides is 3. The number of hydrogen-bond donors (Lipinski definition) is 2. The molecule has 10 nitrogen and oxygen atoms in total. The molecule has 50 heavy (non-hydrogen) atoms. The lowest BCUT2D eigenvalue weighted by Gasteiger charge is -2.28. The molecule has 6 rings (SSSR count). The van der Waals surface area contributed by atoms with E-state index in [4.69, 9.17) is 4.74 Å². The second-order valence-corrected chi connectivity index (χ2v) is 12.7. The first-order valence-corrected chi connectivity index (χ1v) is 16.9. The highest BCUT2D eigenvalue weighted by atomic mass is 16.5. The number of hydrogen-bond acceptors (Lipinski definition) is 7. The van der Waals surface area contributed by atoms with Gasteiger partial charge in [0.05, 0.1) is 30.7 Å². The minimum atomic E-state index is -2.00. The van der Waals surface area contributed by atoms with Crippen molar-refractivity contribution in [1.29, 1.82) is 0 Å². The molecule has 0 unspecified atom stereocenters. The fourth-order valence-electron chi connectivity index (χ4n) is 6.97. The summed E-state index contributed by atoms with van der Waals surface area (Å²) in [5.74, 6) is -2.01. The summed E-state index contributed by atoms with van der Waals surface area (Å²) in [5, 5.41) is 23.8. The van der Waals surface area contributed by atoms with E-state index < -0.39 is 17.4 Å². The van der Waals surface area contributed by atoms with Gasteiger partial charge in [0.15, 0.2) is 5.60 Å². The number of methoxy groups -OCH3 is 1. The predicted octanol–water partition coefficient (Wildman–Crippen LogP) is 5.61. The van der Waals surface area contributed by atoms with Crippen LogP contribution in [0.2, 0.25) is 0 Å². The van der Waals surface area contributed by atoms with Gasteiger partial charge in [-0.05, 0) is 54.1 Å². The average Bonchev–Trinajstić information content (AvgIpc) is 3.54. The molecule has 3 amide bonds. The maximum atomic E-state index is 14.2. The van der Waals surface area contributed by atoms with E-state index in [0.717, 1.165) is 22.0 Å². The summed E-state index contributed by atoms with van der Waals surface area (Å²) in [6.45, 7) is 2.33. The zero-order valence-corrected chi connectivity index (χ0v) is 28.2. The van der Waals surface area contributed by atoms with Crippen LogP contribution in [-0.4, -0.2) is 65.6 Å². The third kappa shape index (κ3) is 6.39. The van der Waals surface area contributed by atoms with Crippen LogP contribution in [0.15, 0.2) is 97.1 Å². The van der Waals surface area contributed by atoms with Gasteiger partial charge in [-0.25, -0.2) is 0 Å². The highest BCUT2D eigenvalue weighted by molar-refractivity contribution is 6.28. The van der Waals surface area contributed by atoms with E-state index >= 15 is 0 Å². The van der Waals surface area contributed by atoms with E-state index in [1.165, 1.54) is 12.0 Å². The van der Waals surface area contributed by atoms with Crippen molar-refractivity contribution >= 4 is 51.5 Å². The molecule has 4 aromatic carbocycles. The Morgan fingerprint density at radius 2 is 1.72 bits per heavy atom. The topological polar surface area (TPSA) is 128 Å². The average molecular weight is 676 g/mol. The van der Waals surface area contributed by atoms with Gasteiger partial charge >= 0.3 is 5.97 Å². The molecular formula is C40H41N3O7. The van der Waals surface area contributed by atoms with E-state index in [9.17, 15) is 29.4 Å². The minimum Gasteiger partial charge on any atom is -0.469 e. The molecule has 0 radical (unpaired) electrons. The van der Waals surface area contributed by atoms with Crippen LogP contribution >= 0.6 is 0 Å². The Morgan fingerprint density at radius 1 is 0.960 bits per heavy atom. The molecule has 4 aromatic rings. The molecule has 258 valence electrons. The van der Waals surface area contributed by atoms with Gasteiger partial charge in [-0.15, -0.1) is 0 Å². The Hall–Kier alpha value is -5.32. The minimum absolute atomic E-state index is 0.0100. The molecule has 2 N–H and O–H groups in total. The van der Waals surface area contributed by atoms with Crippen molar-refractivity contribution in [3.8, 4) is 0 Å². The molecule has 2 aliphatic heterocycles. The molecular weight excluding hydrogens is 634 g/mol. The van der Waals surface area contributed by atoms with Crippen molar-refractivity contribution in [1.82, 2.24) is 4.90 Å². The highest BCUT2D eigenvalue weighted by Crippen LogP contribution is 2.49. The normalized spacial score (nSPS) is 17.1. The summed E-state index contributed by atoms with van der Waals surface area (Å²) in [7, 11) is 1.33. The van der Waals surface area contributed by atoms with Crippen molar-refractivity contribution in [2.24, 2.45) is 5.92 Å². The molecule has 0 aromatic heterocycles. The van der Waals surface area contributed by atoms with Crippen LogP contribution < -0.4 is 9.80 Å². The molecule has 0 saturated heterocycles. The number of fused-ring (bicyclic) bond motifs is 1. The number of esters is 1. The zero-order chi connectivity index (χ0) is 35.4. The number of aliphatic hydroxyl groups excluding tert-OH is 1. The number of aliphatic hydroxyl groups is 2. The molecule has 10 heteroatoms. The summed E-state index contributed by atoms with van der Waals surface area (Å²) < 4.78 is 4.75. The van der Waals surface area contributed by atoms with Gasteiger partial charge < -0.3 is 24.7 Å². The first kappa shape index (κ1) is 34.5. The number of carbonyl (C=O) groups excluding carboxylic acids is 4. The number of carbonyl (C=O) groups is 4.